The number of hydrogen-bond acceptors (Lipinski definition) is 5. The van der Waals surface area contributed by atoms with Crippen LogP contribution in [0.1, 0.15) is 34.1 Å². The molecule has 1 heterocycles. The third-order valence-corrected chi connectivity index (χ3v) is 3.70. The van der Waals surface area contributed by atoms with Crippen molar-refractivity contribution in [3.05, 3.63) is 22.7 Å². The van der Waals surface area contributed by atoms with E-state index in [2.05, 4.69) is 15.9 Å². The number of hydrogen-bond donors (Lipinski definition) is 0. The quantitative estimate of drug-likeness (QED) is 0.720. The van der Waals surface area contributed by atoms with Gasteiger partial charge in [-0.1, -0.05) is 15.9 Å². The molecule has 0 aromatic heterocycles. The van der Waals surface area contributed by atoms with Gasteiger partial charge in [-0.15, -0.1) is 0 Å². The van der Waals surface area contributed by atoms with Crippen molar-refractivity contribution in [2.45, 2.75) is 45.8 Å². The number of ether oxygens (including phenoxy) is 3. The summed E-state index contributed by atoms with van der Waals surface area (Å²) in [6.07, 6.45) is -0.882. The zero-order valence-corrected chi connectivity index (χ0v) is 15.9. The van der Waals surface area contributed by atoms with E-state index < -0.39 is 17.8 Å². The Morgan fingerprint density at radius 3 is 2.71 bits per heavy atom. The maximum absolute atomic E-state index is 12.6. The van der Waals surface area contributed by atoms with Crippen LogP contribution in [0.3, 0.4) is 0 Å². The molecule has 1 amide bonds. The van der Waals surface area contributed by atoms with Crippen molar-refractivity contribution in [2.75, 3.05) is 18.1 Å². The van der Waals surface area contributed by atoms with E-state index in [1.54, 1.807) is 19.1 Å². The van der Waals surface area contributed by atoms with Crippen LogP contribution in [-0.2, 0) is 14.3 Å². The monoisotopic (exact) mass is 399 g/mol. The minimum Gasteiger partial charge on any atom is -0.486 e. The Hall–Kier alpha value is -1.76. The second-order valence-corrected chi connectivity index (χ2v) is 7.37. The number of carbonyl (C=O) groups excluding carboxylic acids is 2. The predicted octanol–water partition coefficient (Wildman–Crippen LogP) is 3.90. The highest BCUT2D eigenvalue weighted by Gasteiger charge is 2.34. The Kier molecular flexibility index (Phi) is 5.74. The van der Waals surface area contributed by atoms with Gasteiger partial charge in [0.05, 0.1) is 25.3 Å². The van der Waals surface area contributed by atoms with Crippen LogP contribution in [0, 0.1) is 0 Å². The number of anilines is 1. The molecule has 1 atom stereocenters. The molecule has 6 nitrogen and oxygen atoms in total. The molecular formula is C17H22BrNO5. The van der Waals surface area contributed by atoms with Crippen molar-refractivity contribution >= 4 is 33.7 Å². The molecule has 132 valence electrons. The highest BCUT2D eigenvalue weighted by molar-refractivity contribution is 9.10. The molecular weight excluding hydrogens is 378 g/mol. The lowest BCUT2D eigenvalue weighted by Gasteiger charge is -2.35. The van der Waals surface area contributed by atoms with Crippen molar-refractivity contribution in [3.63, 3.8) is 0 Å². The van der Waals surface area contributed by atoms with Gasteiger partial charge >= 0.3 is 12.1 Å². The SMILES string of the molecule is CCOC(=O)CC1CN(C(=O)OC(C)(C)C)c2cc(Br)ccc2O1. The Bertz CT molecular complexity index is 626. The highest BCUT2D eigenvalue weighted by atomic mass is 79.9. The fraction of sp³-hybridized carbons (Fsp3) is 0.529. The van der Waals surface area contributed by atoms with E-state index in [-0.39, 0.29) is 18.9 Å². The van der Waals surface area contributed by atoms with Crippen LogP contribution in [0.25, 0.3) is 0 Å². The van der Waals surface area contributed by atoms with Gasteiger partial charge in [0, 0.05) is 4.47 Å². The van der Waals surface area contributed by atoms with Crippen molar-refractivity contribution in [1.82, 2.24) is 0 Å². The van der Waals surface area contributed by atoms with E-state index >= 15 is 0 Å². The van der Waals surface area contributed by atoms with E-state index in [0.29, 0.717) is 18.0 Å². The van der Waals surface area contributed by atoms with Gasteiger partial charge in [0.1, 0.15) is 17.5 Å². The molecule has 0 radical (unpaired) electrons. The topological polar surface area (TPSA) is 65.1 Å². The number of halogens is 1. The summed E-state index contributed by atoms with van der Waals surface area (Å²) in [4.78, 5) is 25.8. The van der Waals surface area contributed by atoms with Crippen LogP contribution in [-0.4, -0.2) is 36.9 Å². The minimum absolute atomic E-state index is 0.0721. The van der Waals surface area contributed by atoms with Crippen LogP contribution in [0.15, 0.2) is 22.7 Å². The lowest BCUT2D eigenvalue weighted by molar-refractivity contribution is -0.144. The summed E-state index contributed by atoms with van der Waals surface area (Å²) in [7, 11) is 0. The Balaban J connectivity index is 2.25. The van der Waals surface area contributed by atoms with Gasteiger partial charge in [-0.2, -0.15) is 0 Å². The molecule has 0 saturated carbocycles. The number of fused-ring (bicyclic) bond motifs is 1. The molecule has 1 unspecified atom stereocenters. The molecule has 0 saturated heterocycles. The largest absolute Gasteiger partial charge is 0.486 e. The van der Waals surface area contributed by atoms with E-state index in [4.69, 9.17) is 14.2 Å². The van der Waals surface area contributed by atoms with Crippen molar-refractivity contribution in [1.29, 1.82) is 0 Å². The zero-order valence-electron chi connectivity index (χ0n) is 14.3. The maximum atomic E-state index is 12.6. The first kappa shape index (κ1) is 18.6. The first-order valence-electron chi connectivity index (χ1n) is 7.82. The summed E-state index contributed by atoms with van der Waals surface area (Å²) >= 11 is 3.40. The molecule has 1 aromatic rings. The zero-order chi connectivity index (χ0) is 17.9. The Morgan fingerprint density at radius 1 is 1.38 bits per heavy atom. The van der Waals surface area contributed by atoms with Crippen molar-refractivity contribution in [2.24, 2.45) is 0 Å². The summed E-state index contributed by atoms with van der Waals surface area (Å²) in [6, 6.07) is 5.37. The number of amides is 1. The van der Waals surface area contributed by atoms with Gasteiger partial charge < -0.3 is 14.2 Å². The van der Waals surface area contributed by atoms with E-state index in [1.165, 1.54) is 4.90 Å². The Morgan fingerprint density at radius 2 is 2.08 bits per heavy atom. The van der Waals surface area contributed by atoms with Gasteiger partial charge in [-0.3, -0.25) is 9.69 Å². The van der Waals surface area contributed by atoms with Gasteiger partial charge in [-0.05, 0) is 45.9 Å². The molecule has 1 aromatic carbocycles. The van der Waals surface area contributed by atoms with Gasteiger partial charge in [0.15, 0.2) is 0 Å². The normalized spacial score (nSPS) is 16.9. The van der Waals surface area contributed by atoms with Gasteiger partial charge in [0.25, 0.3) is 0 Å². The fourth-order valence-corrected chi connectivity index (χ4v) is 2.67. The Labute approximate surface area is 150 Å². The summed E-state index contributed by atoms with van der Waals surface area (Å²) < 4.78 is 17.1. The van der Waals surface area contributed by atoms with Gasteiger partial charge in [-0.25, -0.2) is 4.79 Å². The fourth-order valence-electron chi connectivity index (χ4n) is 2.32. The first-order valence-corrected chi connectivity index (χ1v) is 8.61. The van der Waals surface area contributed by atoms with Crippen LogP contribution in [0.4, 0.5) is 10.5 Å². The van der Waals surface area contributed by atoms with E-state index in [0.717, 1.165) is 4.47 Å². The molecule has 24 heavy (non-hydrogen) atoms. The number of carbonyl (C=O) groups is 2. The second-order valence-electron chi connectivity index (χ2n) is 6.45. The minimum atomic E-state index is -0.613. The number of benzene rings is 1. The summed E-state index contributed by atoms with van der Waals surface area (Å²) in [5.41, 5.74) is -0.00296. The lowest BCUT2D eigenvalue weighted by Crippen LogP contribution is -2.46. The highest BCUT2D eigenvalue weighted by Crippen LogP contribution is 2.37. The van der Waals surface area contributed by atoms with Crippen LogP contribution < -0.4 is 9.64 Å². The third kappa shape index (κ3) is 4.87. The van der Waals surface area contributed by atoms with E-state index in [9.17, 15) is 9.59 Å². The summed E-state index contributed by atoms with van der Waals surface area (Å²) in [5.74, 6) is 0.178. The van der Waals surface area contributed by atoms with Gasteiger partial charge in [0.2, 0.25) is 0 Å². The average molecular weight is 400 g/mol. The predicted molar refractivity (Wildman–Crippen MR) is 93.4 cm³/mol. The molecule has 0 aliphatic carbocycles. The summed E-state index contributed by atoms with van der Waals surface area (Å²) in [6.45, 7) is 7.71. The number of esters is 1. The van der Waals surface area contributed by atoms with Crippen LogP contribution in [0.2, 0.25) is 0 Å². The second kappa shape index (κ2) is 7.42. The first-order chi connectivity index (χ1) is 11.2. The van der Waals surface area contributed by atoms with Crippen LogP contribution >= 0.6 is 15.9 Å². The standard InChI is InChI=1S/C17H22BrNO5/c1-5-22-15(20)9-12-10-19(16(21)24-17(2,3)4)13-8-11(18)6-7-14(13)23-12/h6-8,12H,5,9-10H2,1-4H3. The molecule has 0 N–H and O–H groups in total. The molecule has 0 fully saturated rings. The summed E-state index contributed by atoms with van der Waals surface area (Å²) in [5, 5.41) is 0. The average Bonchev–Trinajstić information content (AvgIpc) is 2.45. The van der Waals surface area contributed by atoms with Crippen molar-refractivity contribution < 1.29 is 23.8 Å². The lowest BCUT2D eigenvalue weighted by atomic mass is 10.1. The molecule has 0 bridgehead atoms. The molecule has 0 spiro atoms. The number of rotatable bonds is 3. The molecule has 2 rings (SSSR count). The molecule has 1 aliphatic rings. The molecule has 1 aliphatic heterocycles. The maximum Gasteiger partial charge on any atom is 0.415 e. The number of nitrogens with zero attached hydrogens (tertiary/aromatic N) is 1. The molecule has 7 heteroatoms. The van der Waals surface area contributed by atoms with E-state index in [1.807, 2.05) is 26.8 Å². The van der Waals surface area contributed by atoms with Crippen LogP contribution in [0.5, 0.6) is 5.75 Å². The van der Waals surface area contributed by atoms with Crippen molar-refractivity contribution in [3.8, 4) is 5.75 Å². The third-order valence-electron chi connectivity index (χ3n) is 3.21. The smallest absolute Gasteiger partial charge is 0.415 e.